The summed E-state index contributed by atoms with van der Waals surface area (Å²) in [4.78, 5) is 16.5. The Balaban J connectivity index is 1.82. The molecule has 1 aromatic heterocycles. The lowest BCUT2D eigenvalue weighted by Gasteiger charge is -2.23. The van der Waals surface area contributed by atoms with Crippen LogP contribution in [0.25, 0.3) is 5.69 Å². The number of anilines is 1. The SMILES string of the molecule is N#Cc1ccc([C@H]2CC(=O)Nc3c2ncn3-c2cc(F)ccc2F)cc1. The van der Waals surface area contributed by atoms with Gasteiger partial charge in [0.25, 0.3) is 0 Å². The van der Waals surface area contributed by atoms with E-state index in [0.29, 0.717) is 17.1 Å². The average Bonchev–Trinajstić information content (AvgIpc) is 3.06. The van der Waals surface area contributed by atoms with Crippen molar-refractivity contribution >= 4 is 11.7 Å². The van der Waals surface area contributed by atoms with Gasteiger partial charge in [0.1, 0.15) is 23.8 Å². The monoisotopic (exact) mass is 350 g/mol. The number of benzene rings is 2. The van der Waals surface area contributed by atoms with E-state index in [9.17, 15) is 13.6 Å². The van der Waals surface area contributed by atoms with Crippen LogP contribution < -0.4 is 5.32 Å². The van der Waals surface area contributed by atoms with Gasteiger partial charge in [-0.3, -0.25) is 9.36 Å². The average molecular weight is 350 g/mol. The fourth-order valence-electron chi connectivity index (χ4n) is 3.13. The molecule has 4 rings (SSSR count). The van der Waals surface area contributed by atoms with Crippen molar-refractivity contribution in [3.8, 4) is 11.8 Å². The van der Waals surface area contributed by atoms with E-state index in [2.05, 4.69) is 10.3 Å². The molecule has 1 amide bonds. The summed E-state index contributed by atoms with van der Waals surface area (Å²) >= 11 is 0. The van der Waals surface area contributed by atoms with Gasteiger partial charge in [0.2, 0.25) is 5.91 Å². The summed E-state index contributed by atoms with van der Waals surface area (Å²) in [6.45, 7) is 0. The molecule has 0 spiro atoms. The van der Waals surface area contributed by atoms with Crippen LogP contribution in [0.1, 0.15) is 29.2 Å². The molecule has 128 valence electrons. The first-order valence-corrected chi connectivity index (χ1v) is 7.89. The van der Waals surface area contributed by atoms with Crippen LogP contribution in [0, 0.1) is 23.0 Å². The third-order valence-electron chi connectivity index (χ3n) is 4.38. The predicted octanol–water partition coefficient (Wildman–Crippen LogP) is 3.50. The number of amides is 1. The normalized spacial score (nSPS) is 15.9. The second-order valence-electron chi connectivity index (χ2n) is 5.98. The molecule has 5 nitrogen and oxygen atoms in total. The van der Waals surface area contributed by atoms with E-state index in [-0.39, 0.29) is 23.9 Å². The highest BCUT2D eigenvalue weighted by molar-refractivity contribution is 5.94. The van der Waals surface area contributed by atoms with Gasteiger partial charge in [-0.1, -0.05) is 12.1 Å². The Hall–Kier alpha value is -3.53. The Morgan fingerprint density at radius 1 is 1.19 bits per heavy atom. The smallest absolute Gasteiger partial charge is 0.226 e. The van der Waals surface area contributed by atoms with E-state index < -0.39 is 11.6 Å². The maximum atomic E-state index is 14.1. The minimum atomic E-state index is -0.624. The Morgan fingerprint density at radius 3 is 2.69 bits per heavy atom. The van der Waals surface area contributed by atoms with Crippen LogP contribution in [0.4, 0.5) is 14.6 Å². The van der Waals surface area contributed by atoms with Crippen molar-refractivity contribution in [2.24, 2.45) is 0 Å². The molecular formula is C19H12F2N4O. The molecule has 0 fully saturated rings. The molecule has 0 aliphatic carbocycles. The van der Waals surface area contributed by atoms with E-state index in [0.717, 1.165) is 23.8 Å². The van der Waals surface area contributed by atoms with E-state index in [1.165, 1.54) is 10.9 Å². The van der Waals surface area contributed by atoms with Crippen molar-refractivity contribution in [3.63, 3.8) is 0 Å². The van der Waals surface area contributed by atoms with Gasteiger partial charge in [-0.05, 0) is 29.8 Å². The molecule has 1 N–H and O–H groups in total. The van der Waals surface area contributed by atoms with Gasteiger partial charge < -0.3 is 5.32 Å². The predicted molar refractivity (Wildman–Crippen MR) is 89.7 cm³/mol. The van der Waals surface area contributed by atoms with Gasteiger partial charge in [0.05, 0.1) is 23.0 Å². The number of nitriles is 1. The van der Waals surface area contributed by atoms with E-state index in [1.807, 2.05) is 6.07 Å². The first-order valence-electron chi connectivity index (χ1n) is 7.89. The zero-order valence-electron chi connectivity index (χ0n) is 13.4. The number of hydrogen-bond acceptors (Lipinski definition) is 3. The molecule has 2 heterocycles. The second-order valence-corrected chi connectivity index (χ2v) is 5.98. The molecule has 2 aromatic carbocycles. The van der Waals surface area contributed by atoms with Crippen molar-refractivity contribution in [3.05, 3.63) is 77.2 Å². The summed E-state index contributed by atoms with van der Waals surface area (Å²) in [5.74, 6) is -1.47. The van der Waals surface area contributed by atoms with Gasteiger partial charge in [0.15, 0.2) is 0 Å². The van der Waals surface area contributed by atoms with Crippen LogP contribution in [-0.4, -0.2) is 15.5 Å². The lowest BCUT2D eigenvalue weighted by Crippen LogP contribution is -2.25. The molecule has 1 aliphatic heterocycles. The zero-order chi connectivity index (χ0) is 18.3. The van der Waals surface area contributed by atoms with Gasteiger partial charge in [-0.15, -0.1) is 0 Å². The molecule has 0 bridgehead atoms. The molecule has 0 radical (unpaired) electrons. The van der Waals surface area contributed by atoms with Crippen molar-refractivity contribution in [2.45, 2.75) is 12.3 Å². The van der Waals surface area contributed by atoms with Crippen LogP contribution in [0.2, 0.25) is 0 Å². The third-order valence-corrected chi connectivity index (χ3v) is 4.38. The van der Waals surface area contributed by atoms with Crippen molar-refractivity contribution in [1.29, 1.82) is 5.26 Å². The van der Waals surface area contributed by atoms with E-state index >= 15 is 0 Å². The topological polar surface area (TPSA) is 70.7 Å². The maximum Gasteiger partial charge on any atom is 0.226 e. The second kappa shape index (κ2) is 6.08. The number of imidazole rings is 1. The summed E-state index contributed by atoms with van der Waals surface area (Å²) in [6, 6.07) is 12.0. The zero-order valence-corrected chi connectivity index (χ0v) is 13.4. The van der Waals surface area contributed by atoms with Gasteiger partial charge in [0, 0.05) is 18.4 Å². The standard InChI is InChI=1S/C19H12F2N4O/c20-13-5-6-15(21)16(7-13)25-10-23-18-14(8-17(26)24-19(18)25)12-3-1-11(9-22)2-4-12/h1-7,10,14H,8H2,(H,24,26)/t14-/m1/s1. The minimum absolute atomic E-state index is 0.0282. The van der Waals surface area contributed by atoms with Crippen molar-refractivity contribution in [1.82, 2.24) is 9.55 Å². The number of carbonyl (C=O) groups excluding carboxylic acids is 1. The molecule has 1 atom stereocenters. The van der Waals surface area contributed by atoms with Crippen LogP contribution in [0.5, 0.6) is 0 Å². The summed E-state index contributed by atoms with van der Waals surface area (Å²) in [6.07, 6.45) is 1.55. The van der Waals surface area contributed by atoms with Gasteiger partial charge >= 0.3 is 0 Å². The van der Waals surface area contributed by atoms with Crippen molar-refractivity contribution < 1.29 is 13.6 Å². The highest BCUT2D eigenvalue weighted by Crippen LogP contribution is 2.37. The first kappa shape index (κ1) is 16.0. The van der Waals surface area contributed by atoms with Gasteiger partial charge in [-0.25, -0.2) is 13.8 Å². The Morgan fingerprint density at radius 2 is 1.96 bits per heavy atom. The van der Waals surface area contributed by atoms with Crippen LogP contribution in [0.15, 0.2) is 48.8 Å². The van der Waals surface area contributed by atoms with Crippen LogP contribution in [0.3, 0.4) is 0 Å². The fourth-order valence-corrected chi connectivity index (χ4v) is 3.13. The number of fused-ring (bicyclic) bond motifs is 1. The quantitative estimate of drug-likeness (QED) is 0.769. The number of nitrogens with one attached hydrogen (secondary N) is 1. The molecule has 26 heavy (non-hydrogen) atoms. The molecule has 0 unspecified atom stereocenters. The molecule has 1 aliphatic rings. The lowest BCUT2D eigenvalue weighted by atomic mass is 9.89. The van der Waals surface area contributed by atoms with Crippen LogP contribution >= 0.6 is 0 Å². The van der Waals surface area contributed by atoms with E-state index in [1.54, 1.807) is 24.3 Å². The third kappa shape index (κ3) is 2.62. The summed E-state index contributed by atoms with van der Waals surface area (Å²) in [7, 11) is 0. The largest absolute Gasteiger partial charge is 0.310 e. The molecule has 0 saturated carbocycles. The van der Waals surface area contributed by atoms with Crippen LogP contribution in [-0.2, 0) is 4.79 Å². The Labute approximate surface area is 147 Å². The van der Waals surface area contributed by atoms with Gasteiger partial charge in [-0.2, -0.15) is 5.26 Å². The highest BCUT2D eigenvalue weighted by Gasteiger charge is 2.31. The number of halogens is 2. The highest BCUT2D eigenvalue weighted by atomic mass is 19.1. The lowest BCUT2D eigenvalue weighted by molar-refractivity contribution is -0.116. The Bertz CT molecular complexity index is 1050. The van der Waals surface area contributed by atoms with Crippen molar-refractivity contribution in [2.75, 3.05) is 5.32 Å². The molecule has 3 aromatic rings. The maximum absolute atomic E-state index is 14.1. The number of nitrogens with zero attached hydrogens (tertiary/aromatic N) is 3. The molecule has 0 saturated heterocycles. The fraction of sp³-hybridized carbons (Fsp3) is 0.105. The minimum Gasteiger partial charge on any atom is -0.310 e. The summed E-state index contributed by atoms with van der Waals surface area (Å²) < 4.78 is 29.0. The number of hydrogen-bond donors (Lipinski definition) is 1. The first-order chi connectivity index (χ1) is 12.6. The summed E-state index contributed by atoms with van der Waals surface area (Å²) in [5.41, 5.74) is 1.88. The number of rotatable bonds is 2. The number of carbonyl (C=O) groups is 1. The summed E-state index contributed by atoms with van der Waals surface area (Å²) in [5, 5.41) is 11.6. The molecule has 7 heteroatoms. The molecular weight excluding hydrogens is 338 g/mol. The Kier molecular flexibility index (Phi) is 3.73. The number of aromatic nitrogens is 2. The van der Waals surface area contributed by atoms with E-state index in [4.69, 9.17) is 5.26 Å².